The molecular weight excluding hydrogens is 568 g/mol. The molecule has 4 N–H and O–H groups in total. The molecule has 0 amide bonds. The molecular formula is C16H40Br4N4. The molecule has 0 radical (unpaired) electrons. The third kappa shape index (κ3) is 23.8. The van der Waals surface area contributed by atoms with Crippen molar-refractivity contribution in [2.45, 2.75) is 52.0 Å². The Hall–Kier alpha value is 1.76. The van der Waals surface area contributed by atoms with Gasteiger partial charge in [-0.05, 0) is 90.8 Å². The quantitative estimate of drug-likeness (QED) is 0.215. The first-order valence-electron chi connectivity index (χ1n) is 8.68. The van der Waals surface area contributed by atoms with Crippen molar-refractivity contribution in [3.63, 3.8) is 0 Å². The molecule has 0 spiro atoms. The van der Waals surface area contributed by atoms with E-state index in [1.807, 2.05) is 0 Å². The molecule has 1 rings (SSSR count). The van der Waals surface area contributed by atoms with Crippen molar-refractivity contribution >= 4 is 67.9 Å². The molecule has 1 unspecified atom stereocenters. The van der Waals surface area contributed by atoms with Crippen molar-refractivity contribution in [2.75, 3.05) is 45.8 Å². The second-order valence-electron chi connectivity index (χ2n) is 6.10. The minimum Gasteiger partial charge on any atom is -0.317 e. The fourth-order valence-electron chi connectivity index (χ4n) is 2.21. The summed E-state index contributed by atoms with van der Waals surface area (Å²) >= 11 is 0. The molecule has 0 aliphatic heterocycles. The van der Waals surface area contributed by atoms with Gasteiger partial charge in [0.15, 0.2) is 0 Å². The van der Waals surface area contributed by atoms with E-state index in [4.69, 9.17) is 0 Å². The van der Waals surface area contributed by atoms with E-state index in [-0.39, 0.29) is 67.9 Å². The fraction of sp³-hybridized carbons (Fsp3) is 1.00. The van der Waals surface area contributed by atoms with Crippen molar-refractivity contribution in [1.82, 2.24) is 21.3 Å². The van der Waals surface area contributed by atoms with Crippen LogP contribution < -0.4 is 21.3 Å². The summed E-state index contributed by atoms with van der Waals surface area (Å²) in [5, 5.41) is 14.0. The van der Waals surface area contributed by atoms with Crippen LogP contribution in [0.3, 0.4) is 0 Å². The standard InChI is InChI=1S/C16H36N4.4BrH/c1-3-17-9-4-10-18-11-5-12-19-13-8-15(2)20-14-16-6-7-16;;;;/h15-20H,3-14H2,1-2H3;4*1H. The third-order valence-corrected chi connectivity index (χ3v) is 3.87. The van der Waals surface area contributed by atoms with Crippen molar-refractivity contribution in [3.05, 3.63) is 0 Å². The van der Waals surface area contributed by atoms with Gasteiger partial charge in [0, 0.05) is 6.04 Å². The maximum absolute atomic E-state index is 3.62. The average molecular weight is 608 g/mol. The Balaban J connectivity index is -0.000000500. The van der Waals surface area contributed by atoms with Gasteiger partial charge in [0.05, 0.1) is 0 Å². The Kier molecular flexibility index (Phi) is 34.4. The molecule has 0 aromatic heterocycles. The highest BCUT2D eigenvalue weighted by Crippen LogP contribution is 2.27. The van der Waals surface area contributed by atoms with E-state index in [1.165, 1.54) is 38.6 Å². The summed E-state index contributed by atoms with van der Waals surface area (Å²) in [6.45, 7) is 12.4. The van der Waals surface area contributed by atoms with E-state index < -0.39 is 0 Å². The van der Waals surface area contributed by atoms with Crippen LogP contribution in [0.1, 0.15) is 46.0 Å². The molecule has 1 aliphatic carbocycles. The van der Waals surface area contributed by atoms with Crippen LogP contribution in [0.5, 0.6) is 0 Å². The van der Waals surface area contributed by atoms with Crippen LogP contribution in [0.2, 0.25) is 0 Å². The van der Waals surface area contributed by atoms with Gasteiger partial charge in [0.25, 0.3) is 0 Å². The fourth-order valence-corrected chi connectivity index (χ4v) is 2.21. The Morgan fingerprint density at radius 3 is 1.79 bits per heavy atom. The average Bonchev–Trinajstić information content (AvgIpc) is 3.27. The van der Waals surface area contributed by atoms with Gasteiger partial charge in [-0.1, -0.05) is 6.92 Å². The predicted octanol–water partition coefficient (Wildman–Crippen LogP) is 3.65. The highest BCUT2D eigenvalue weighted by molar-refractivity contribution is 8.93. The maximum Gasteiger partial charge on any atom is 0.00509 e. The zero-order valence-corrected chi connectivity index (χ0v) is 22.1. The van der Waals surface area contributed by atoms with Crippen LogP contribution in [0.25, 0.3) is 0 Å². The second kappa shape index (κ2) is 24.8. The molecule has 8 heteroatoms. The first kappa shape index (κ1) is 33.4. The summed E-state index contributed by atoms with van der Waals surface area (Å²) in [5.74, 6) is 0.990. The highest BCUT2D eigenvalue weighted by Gasteiger charge is 2.20. The molecule has 152 valence electrons. The lowest BCUT2D eigenvalue weighted by molar-refractivity contribution is 0.477. The zero-order chi connectivity index (χ0) is 14.5. The van der Waals surface area contributed by atoms with Crippen molar-refractivity contribution in [1.29, 1.82) is 0 Å². The molecule has 1 saturated carbocycles. The number of hydrogen-bond donors (Lipinski definition) is 4. The van der Waals surface area contributed by atoms with Crippen LogP contribution in [-0.2, 0) is 0 Å². The minimum absolute atomic E-state index is 0. The van der Waals surface area contributed by atoms with Gasteiger partial charge in [0.1, 0.15) is 0 Å². The van der Waals surface area contributed by atoms with Gasteiger partial charge in [-0.15, -0.1) is 67.9 Å². The molecule has 24 heavy (non-hydrogen) atoms. The van der Waals surface area contributed by atoms with E-state index in [0.29, 0.717) is 6.04 Å². The summed E-state index contributed by atoms with van der Waals surface area (Å²) in [6, 6.07) is 0.660. The van der Waals surface area contributed by atoms with Crippen LogP contribution >= 0.6 is 67.9 Å². The topological polar surface area (TPSA) is 48.1 Å². The number of halogens is 4. The van der Waals surface area contributed by atoms with Gasteiger partial charge in [0.2, 0.25) is 0 Å². The summed E-state index contributed by atoms with van der Waals surface area (Å²) < 4.78 is 0. The van der Waals surface area contributed by atoms with Gasteiger partial charge in [-0.3, -0.25) is 0 Å². The molecule has 0 aromatic rings. The lowest BCUT2D eigenvalue weighted by atomic mass is 10.2. The first-order chi connectivity index (χ1) is 9.83. The van der Waals surface area contributed by atoms with Crippen LogP contribution in [0, 0.1) is 5.92 Å². The van der Waals surface area contributed by atoms with E-state index in [1.54, 1.807) is 0 Å². The lowest BCUT2D eigenvalue weighted by Gasteiger charge is -2.14. The van der Waals surface area contributed by atoms with Gasteiger partial charge in [-0.25, -0.2) is 0 Å². The van der Waals surface area contributed by atoms with Crippen molar-refractivity contribution < 1.29 is 0 Å². The normalized spacial score (nSPS) is 13.8. The molecule has 0 aromatic carbocycles. The van der Waals surface area contributed by atoms with Crippen LogP contribution in [-0.4, -0.2) is 51.9 Å². The Morgan fingerprint density at radius 1 is 0.792 bits per heavy atom. The summed E-state index contributed by atoms with van der Waals surface area (Å²) in [7, 11) is 0. The monoisotopic (exact) mass is 604 g/mol. The van der Waals surface area contributed by atoms with Gasteiger partial charge in [-0.2, -0.15) is 0 Å². The van der Waals surface area contributed by atoms with Crippen molar-refractivity contribution in [3.8, 4) is 0 Å². The molecule has 4 nitrogen and oxygen atoms in total. The smallest absolute Gasteiger partial charge is 0.00509 e. The summed E-state index contributed by atoms with van der Waals surface area (Å²) in [6.07, 6.45) is 6.58. The highest BCUT2D eigenvalue weighted by atomic mass is 79.9. The van der Waals surface area contributed by atoms with Gasteiger partial charge >= 0.3 is 0 Å². The number of hydrogen-bond acceptors (Lipinski definition) is 4. The van der Waals surface area contributed by atoms with Gasteiger partial charge < -0.3 is 21.3 Å². The Morgan fingerprint density at radius 2 is 1.29 bits per heavy atom. The minimum atomic E-state index is 0. The third-order valence-electron chi connectivity index (χ3n) is 3.87. The Labute approximate surface area is 191 Å². The van der Waals surface area contributed by atoms with E-state index in [0.717, 1.165) is 45.2 Å². The van der Waals surface area contributed by atoms with E-state index >= 15 is 0 Å². The van der Waals surface area contributed by atoms with Crippen molar-refractivity contribution in [2.24, 2.45) is 5.92 Å². The lowest BCUT2D eigenvalue weighted by Crippen LogP contribution is -2.32. The SMILES string of the molecule is Br.Br.Br.Br.CCNCCCNCCCNCCC(C)NCC1CC1. The largest absolute Gasteiger partial charge is 0.317 e. The maximum atomic E-state index is 3.62. The second-order valence-corrected chi connectivity index (χ2v) is 6.10. The molecule has 0 saturated heterocycles. The zero-order valence-electron chi connectivity index (χ0n) is 15.3. The number of nitrogens with one attached hydrogen (secondary N) is 4. The first-order valence-corrected chi connectivity index (χ1v) is 8.68. The molecule has 1 aliphatic rings. The number of rotatable bonds is 15. The van der Waals surface area contributed by atoms with E-state index in [2.05, 4.69) is 35.1 Å². The van der Waals surface area contributed by atoms with Crippen LogP contribution in [0.4, 0.5) is 0 Å². The van der Waals surface area contributed by atoms with E-state index in [9.17, 15) is 0 Å². The molecule has 1 atom stereocenters. The summed E-state index contributed by atoms with van der Waals surface area (Å²) in [5.41, 5.74) is 0. The molecule has 0 bridgehead atoms. The Bertz CT molecular complexity index is 222. The molecule has 0 heterocycles. The molecule has 1 fully saturated rings. The predicted molar refractivity (Wildman–Crippen MR) is 130 cm³/mol. The summed E-state index contributed by atoms with van der Waals surface area (Å²) in [4.78, 5) is 0. The van der Waals surface area contributed by atoms with Crippen LogP contribution in [0.15, 0.2) is 0 Å².